The Balaban J connectivity index is 2.36. The van der Waals surface area contributed by atoms with E-state index in [1.165, 1.54) is 0 Å². The number of aliphatic hydroxyl groups is 1. The largest absolute Gasteiger partial charge is 0.385 e. The van der Waals surface area contributed by atoms with Crippen molar-refractivity contribution in [3.63, 3.8) is 0 Å². The van der Waals surface area contributed by atoms with E-state index in [1.807, 2.05) is 13.0 Å². The summed E-state index contributed by atoms with van der Waals surface area (Å²) >= 11 is 0. The van der Waals surface area contributed by atoms with Crippen LogP contribution in [0.25, 0.3) is 0 Å². The second-order valence-electron chi connectivity index (χ2n) is 4.58. The van der Waals surface area contributed by atoms with Crippen LogP contribution in [0.4, 0.5) is 5.82 Å². The summed E-state index contributed by atoms with van der Waals surface area (Å²) in [5.41, 5.74) is 6.88. The van der Waals surface area contributed by atoms with Gasteiger partial charge in [0.15, 0.2) is 0 Å². The number of nitrogens with two attached hydrogens (primary N) is 1. The average molecular weight is 221 g/mol. The van der Waals surface area contributed by atoms with Gasteiger partial charge in [-0.2, -0.15) is 0 Å². The topological polar surface area (TPSA) is 71.2 Å². The van der Waals surface area contributed by atoms with Crippen LogP contribution in [0, 0.1) is 6.92 Å². The second-order valence-corrected chi connectivity index (χ2v) is 4.58. The van der Waals surface area contributed by atoms with Crippen LogP contribution < -0.4 is 11.1 Å². The highest BCUT2D eigenvalue weighted by Crippen LogP contribution is 2.34. The first kappa shape index (κ1) is 11.4. The zero-order chi connectivity index (χ0) is 11.6. The van der Waals surface area contributed by atoms with Crippen molar-refractivity contribution in [2.45, 2.75) is 31.8 Å². The number of hydrogen-bond acceptors (Lipinski definition) is 4. The summed E-state index contributed by atoms with van der Waals surface area (Å²) in [4.78, 5) is 4.13. The van der Waals surface area contributed by atoms with E-state index in [1.54, 1.807) is 6.20 Å². The van der Waals surface area contributed by atoms with E-state index in [0.717, 1.165) is 37.1 Å². The summed E-state index contributed by atoms with van der Waals surface area (Å²) in [5.74, 6) is 0.454. The number of anilines is 1. The van der Waals surface area contributed by atoms with Crippen LogP contribution in [-0.2, 0) is 5.60 Å². The lowest BCUT2D eigenvalue weighted by Gasteiger charge is -2.27. The van der Waals surface area contributed by atoms with Crippen molar-refractivity contribution in [3.8, 4) is 0 Å². The van der Waals surface area contributed by atoms with E-state index >= 15 is 0 Å². The van der Waals surface area contributed by atoms with Crippen molar-refractivity contribution in [2.24, 2.45) is 0 Å². The third-order valence-corrected chi connectivity index (χ3v) is 3.22. The van der Waals surface area contributed by atoms with Gasteiger partial charge in [0.05, 0.1) is 5.60 Å². The molecule has 0 aliphatic carbocycles. The molecule has 88 valence electrons. The number of pyridine rings is 1. The smallest absolute Gasteiger partial charge is 0.129 e. The molecule has 1 atom stereocenters. The standard InChI is InChI=1S/C12H19N3O/c1-9-7-10(11(13)15-8-9)12(16)3-2-5-14-6-4-12/h7-8,14,16H,2-6H2,1H3,(H2,13,15). The summed E-state index contributed by atoms with van der Waals surface area (Å²) in [6, 6.07) is 1.95. The Morgan fingerprint density at radius 2 is 2.25 bits per heavy atom. The number of aromatic nitrogens is 1. The molecule has 4 heteroatoms. The molecule has 0 radical (unpaired) electrons. The monoisotopic (exact) mass is 221 g/mol. The molecule has 0 aromatic carbocycles. The molecule has 4 nitrogen and oxygen atoms in total. The maximum atomic E-state index is 10.7. The van der Waals surface area contributed by atoms with Gasteiger partial charge in [0.2, 0.25) is 0 Å². The minimum Gasteiger partial charge on any atom is -0.385 e. The maximum absolute atomic E-state index is 10.7. The molecule has 1 aliphatic rings. The molecule has 1 unspecified atom stereocenters. The van der Waals surface area contributed by atoms with Gasteiger partial charge in [-0.3, -0.25) is 0 Å². The number of nitrogens with one attached hydrogen (secondary N) is 1. The van der Waals surface area contributed by atoms with Crippen molar-refractivity contribution >= 4 is 5.82 Å². The quantitative estimate of drug-likeness (QED) is 0.660. The van der Waals surface area contributed by atoms with E-state index in [4.69, 9.17) is 5.73 Å². The summed E-state index contributed by atoms with van der Waals surface area (Å²) < 4.78 is 0. The van der Waals surface area contributed by atoms with E-state index in [2.05, 4.69) is 10.3 Å². The summed E-state index contributed by atoms with van der Waals surface area (Å²) in [6.07, 6.45) is 4.14. The molecule has 1 fully saturated rings. The Hall–Kier alpha value is -1.13. The predicted octanol–water partition coefficient (Wildman–Crippen LogP) is 0.933. The van der Waals surface area contributed by atoms with E-state index in [9.17, 15) is 5.11 Å². The number of hydrogen-bond donors (Lipinski definition) is 3. The molecule has 0 amide bonds. The first-order valence-electron chi connectivity index (χ1n) is 5.77. The Morgan fingerprint density at radius 1 is 1.44 bits per heavy atom. The van der Waals surface area contributed by atoms with E-state index in [-0.39, 0.29) is 0 Å². The average Bonchev–Trinajstić information content (AvgIpc) is 2.48. The highest BCUT2D eigenvalue weighted by atomic mass is 16.3. The molecular formula is C12H19N3O. The van der Waals surface area contributed by atoms with Gasteiger partial charge >= 0.3 is 0 Å². The lowest BCUT2D eigenvalue weighted by Crippen LogP contribution is -2.28. The third kappa shape index (κ3) is 2.18. The Kier molecular flexibility index (Phi) is 3.12. The van der Waals surface area contributed by atoms with Crippen LogP contribution in [0.1, 0.15) is 30.4 Å². The molecule has 1 aliphatic heterocycles. The normalized spacial score (nSPS) is 26.4. The molecule has 0 spiro atoms. The van der Waals surface area contributed by atoms with E-state index in [0.29, 0.717) is 12.2 Å². The summed E-state index contributed by atoms with van der Waals surface area (Å²) in [7, 11) is 0. The van der Waals surface area contributed by atoms with Crippen LogP contribution >= 0.6 is 0 Å². The first-order valence-corrected chi connectivity index (χ1v) is 5.77. The highest BCUT2D eigenvalue weighted by molar-refractivity contribution is 5.44. The van der Waals surface area contributed by atoms with Gasteiger partial charge < -0.3 is 16.2 Å². The number of nitrogen functional groups attached to an aromatic ring is 1. The van der Waals surface area contributed by atoms with Crippen molar-refractivity contribution < 1.29 is 5.11 Å². The minimum absolute atomic E-state index is 0.454. The molecule has 1 aromatic rings. The Bertz CT molecular complexity index is 371. The zero-order valence-electron chi connectivity index (χ0n) is 9.66. The molecule has 2 rings (SSSR count). The predicted molar refractivity (Wildman–Crippen MR) is 64.0 cm³/mol. The van der Waals surface area contributed by atoms with Gasteiger partial charge in [0.25, 0.3) is 0 Å². The van der Waals surface area contributed by atoms with Crippen molar-refractivity contribution in [2.75, 3.05) is 18.8 Å². The van der Waals surface area contributed by atoms with Crippen molar-refractivity contribution in [1.29, 1.82) is 0 Å². The van der Waals surface area contributed by atoms with Gasteiger partial charge in [-0.15, -0.1) is 0 Å². The molecule has 16 heavy (non-hydrogen) atoms. The first-order chi connectivity index (χ1) is 7.62. The number of nitrogens with zero attached hydrogens (tertiary/aromatic N) is 1. The SMILES string of the molecule is Cc1cnc(N)c(C2(O)CCCNCC2)c1. The van der Waals surface area contributed by atoms with Gasteiger partial charge in [-0.1, -0.05) is 0 Å². The fourth-order valence-corrected chi connectivity index (χ4v) is 2.27. The second kappa shape index (κ2) is 4.39. The van der Waals surface area contributed by atoms with E-state index < -0.39 is 5.60 Å². The molecule has 0 saturated carbocycles. The van der Waals surface area contributed by atoms with Crippen LogP contribution in [0.15, 0.2) is 12.3 Å². The van der Waals surface area contributed by atoms with Crippen LogP contribution in [0.5, 0.6) is 0 Å². The summed E-state index contributed by atoms with van der Waals surface area (Å²) in [6.45, 7) is 3.75. The zero-order valence-corrected chi connectivity index (χ0v) is 9.66. The maximum Gasteiger partial charge on any atom is 0.129 e. The van der Waals surface area contributed by atoms with Gasteiger partial charge in [-0.05, 0) is 50.9 Å². The fraction of sp³-hybridized carbons (Fsp3) is 0.583. The third-order valence-electron chi connectivity index (χ3n) is 3.22. The molecule has 0 bridgehead atoms. The van der Waals surface area contributed by atoms with Crippen molar-refractivity contribution in [3.05, 3.63) is 23.4 Å². The van der Waals surface area contributed by atoms with Gasteiger partial charge in [0.1, 0.15) is 5.82 Å². The summed E-state index contributed by atoms with van der Waals surface area (Å²) in [5, 5.41) is 14.0. The molecule has 1 aromatic heterocycles. The van der Waals surface area contributed by atoms with Crippen LogP contribution in [0.2, 0.25) is 0 Å². The van der Waals surface area contributed by atoms with Gasteiger partial charge in [-0.25, -0.2) is 4.98 Å². The number of rotatable bonds is 1. The van der Waals surface area contributed by atoms with Crippen molar-refractivity contribution in [1.82, 2.24) is 10.3 Å². The lowest BCUT2D eigenvalue weighted by atomic mass is 9.86. The Labute approximate surface area is 95.9 Å². The molecule has 2 heterocycles. The van der Waals surface area contributed by atoms with Gasteiger partial charge in [0, 0.05) is 11.8 Å². The minimum atomic E-state index is -0.813. The highest BCUT2D eigenvalue weighted by Gasteiger charge is 2.32. The molecular weight excluding hydrogens is 202 g/mol. The fourth-order valence-electron chi connectivity index (χ4n) is 2.27. The Morgan fingerprint density at radius 3 is 3.06 bits per heavy atom. The molecule has 1 saturated heterocycles. The lowest BCUT2D eigenvalue weighted by molar-refractivity contribution is 0.0245. The van der Waals surface area contributed by atoms with Crippen LogP contribution in [0.3, 0.4) is 0 Å². The van der Waals surface area contributed by atoms with Crippen LogP contribution in [-0.4, -0.2) is 23.2 Å². The number of aryl methyl sites for hydroxylation is 1. The molecule has 4 N–H and O–H groups in total.